The number of nitrogens with zero attached hydrogens (tertiary/aromatic N) is 3. The quantitative estimate of drug-likeness (QED) is 0.165. The predicted octanol–water partition coefficient (Wildman–Crippen LogP) is 3.88. The number of fused-ring (bicyclic) bond motifs is 1. The number of carbonyl (C=O) groups is 2. The fourth-order valence-corrected chi connectivity index (χ4v) is 6.27. The van der Waals surface area contributed by atoms with E-state index in [4.69, 9.17) is 9.57 Å². The van der Waals surface area contributed by atoms with Crippen LogP contribution in [0.3, 0.4) is 0 Å². The second kappa shape index (κ2) is 10.2. The van der Waals surface area contributed by atoms with Gasteiger partial charge in [0, 0.05) is 35.9 Å². The molecular weight excluding hydrogens is 550 g/mol. The molecule has 11 heteroatoms. The van der Waals surface area contributed by atoms with Crippen LogP contribution >= 0.6 is 15.9 Å². The maximum Gasteiger partial charge on any atom is 0.355 e. The largest absolute Gasteiger partial charge is 0.455 e. The first-order chi connectivity index (χ1) is 16.6. The van der Waals surface area contributed by atoms with E-state index in [1.807, 2.05) is 24.3 Å². The number of carbonyl (C=O) groups excluding carboxylic acids is 2. The Hall–Kier alpha value is -2.92. The number of esters is 1. The summed E-state index contributed by atoms with van der Waals surface area (Å²) >= 11 is 3.44. The average molecular weight is 581 g/mol. The smallest absolute Gasteiger partial charge is 0.355 e. The molecule has 0 bridgehead atoms. The number of hydrogen-bond acceptors (Lipinski definition) is 8. The zero-order chi connectivity index (χ0) is 27.0. The van der Waals surface area contributed by atoms with Gasteiger partial charge in [-0.25, -0.2) is 13.2 Å². The van der Waals surface area contributed by atoms with Crippen LogP contribution < -0.4 is 0 Å². The number of β-lactam (4-membered cyclic amide) rings is 1. The van der Waals surface area contributed by atoms with Gasteiger partial charge in [-0.15, -0.1) is 0 Å². The topological polar surface area (TPSA) is 106 Å². The zero-order valence-corrected chi connectivity index (χ0v) is 23.7. The Morgan fingerprint density at radius 1 is 1.25 bits per heavy atom. The van der Waals surface area contributed by atoms with E-state index in [-0.39, 0.29) is 28.4 Å². The summed E-state index contributed by atoms with van der Waals surface area (Å²) < 4.78 is 33.5. The van der Waals surface area contributed by atoms with Crippen LogP contribution in [-0.2, 0) is 35.6 Å². The standard InChI is InChI=1S/C25H30BrN3O6S/c1-15(27-34-14-17-10-8-9-11-19(17)26)12-18-22(30)29-21(24(31)35-25(3,4)5)16(2)20(13-28(6)7)36(32,33)23(18)29/h8-13,23H,14H2,1-7H3/b18-12-,20-13+,27-15+. The van der Waals surface area contributed by atoms with Crippen molar-refractivity contribution >= 4 is 43.4 Å². The van der Waals surface area contributed by atoms with E-state index < -0.39 is 32.7 Å². The third-order valence-corrected chi connectivity index (χ3v) is 8.10. The molecule has 1 fully saturated rings. The van der Waals surface area contributed by atoms with Crippen LogP contribution in [-0.4, -0.2) is 60.9 Å². The molecule has 0 N–H and O–H groups in total. The Morgan fingerprint density at radius 2 is 1.89 bits per heavy atom. The van der Waals surface area contributed by atoms with Gasteiger partial charge in [-0.05, 0) is 46.8 Å². The summed E-state index contributed by atoms with van der Waals surface area (Å²) in [7, 11) is -0.672. The average Bonchev–Trinajstić information content (AvgIpc) is 2.74. The van der Waals surface area contributed by atoms with Gasteiger partial charge in [0.1, 0.15) is 17.9 Å². The molecule has 0 spiro atoms. The van der Waals surface area contributed by atoms with Crippen LogP contribution in [0.2, 0.25) is 0 Å². The molecule has 0 saturated carbocycles. The van der Waals surface area contributed by atoms with Gasteiger partial charge >= 0.3 is 5.97 Å². The number of rotatable bonds is 6. The number of ether oxygens (including phenoxy) is 1. The summed E-state index contributed by atoms with van der Waals surface area (Å²) in [5.74, 6) is -1.37. The summed E-state index contributed by atoms with van der Waals surface area (Å²) in [4.78, 5) is 34.1. The third-order valence-electron chi connectivity index (χ3n) is 5.25. The van der Waals surface area contributed by atoms with E-state index in [0.29, 0.717) is 5.71 Å². The molecule has 2 aliphatic rings. The highest BCUT2D eigenvalue weighted by Crippen LogP contribution is 2.45. The van der Waals surface area contributed by atoms with Crippen molar-refractivity contribution in [3.63, 3.8) is 0 Å². The Morgan fingerprint density at radius 3 is 2.47 bits per heavy atom. The molecule has 2 aliphatic heterocycles. The lowest BCUT2D eigenvalue weighted by molar-refractivity contribution is -0.155. The SMILES string of the molecule is CC1=C(C(=O)OC(C)(C)C)N2C(=O)/C(=C/C(C)=N/OCc3ccccc3Br)C2S(=O)(=O)/C1=C/N(C)C. The minimum absolute atomic E-state index is 0.000966. The molecule has 0 aromatic heterocycles. The first kappa shape index (κ1) is 27.7. The van der Waals surface area contributed by atoms with Crippen molar-refractivity contribution in [3.05, 3.63) is 68.3 Å². The van der Waals surface area contributed by atoms with E-state index in [2.05, 4.69) is 21.1 Å². The number of amides is 1. The first-order valence-corrected chi connectivity index (χ1v) is 13.5. The van der Waals surface area contributed by atoms with E-state index in [9.17, 15) is 18.0 Å². The molecule has 9 nitrogen and oxygen atoms in total. The monoisotopic (exact) mass is 579 g/mol. The maximum atomic E-state index is 13.6. The fourth-order valence-electron chi connectivity index (χ4n) is 3.77. The zero-order valence-electron chi connectivity index (χ0n) is 21.3. The van der Waals surface area contributed by atoms with Gasteiger partial charge in [-0.3, -0.25) is 9.69 Å². The number of halogens is 1. The van der Waals surface area contributed by atoms with Crippen molar-refractivity contribution in [1.29, 1.82) is 0 Å². The summed E-state index contributed by atoms with van der Waals surface area (Å²) in [5, 5.41) is 2.65. The van der Waals surface area contributed by atoms with Gasteiger partial charge < -0.3 is 14.5 Å². The van der Waals surface area contributed by atoms with Crippen LogP contribution in [0.25, 0.3) is 0 Å². The van der Waals surface area contributed by atoms with E-state index in [0.717, 1.165) is 14.9 Å². The van der Waals surface area contributed by atoms with E-state index >= 15 is 0 Å². The molecular formula is C25H30BrN3O6S. The van der Waals surface area contributed by atoms with Crippen molar-refractivity contribution in [2.45, 2.75) is 52.2 Å². The van der Waals surface area contributed by atoms with Gasteiger partial charge in [0.05, 0.1) is 16.2 Å². The lowest BCUT2D eigenvalue weighted by atomic mass is 10.0. The number of allylic oxidation sites excluding steroid dienone is 2. The molecule has 1 saturated heterocycles. The third kappa shape index (κ3) is 5.57. The molecule has 1 atom stereocenters. The van der Waals surface area contributed by atoms with Crippen molar-refractivity contribution in [2.24, 2.45) is 5.16 Å². The van der Waals surface area contributed by atoms with Gasteiger partial charge in [-0.2, -0.15) is 0 Å². The number of sulfone groups is 1. The molecule has 0 radical (unpaired) electrons. The maximum absolute atomic E-state index is 13.6. The molecule has 36 heavy (non-hydrogen) atoms. The lowest BCUT2D eigenvalue weighted by Gasteiger charge is -2.46. The highest BCUT2D eigenvalue weighted by atomic mass is 79.9. The number of benzene rings is 1. The van der Waals surface area contributed by atoms with Crippen LogP contribution in [0.15, 0.2) is 67.9 Å². The van der Waals surface area contributed by atoms with Crippen molar-refractivity contribution in [2.75, 3.05) is 14.1 Å². The molecule has 3 rings (SSSR count). The minimum Gasteiger partial charge on any atom is -0.455 e. The van der Waals surface area contributed by atoms with Gasteiger partial charge in [0.25, 0.3) is 5.91 Å². The summed E-state index contributed by atoms with van der Waals surface area (Å²) in [6.07, 6.45) is 2.80. The molecule has 194 valence electrons. The second-order valence-corrected chi connectivity index (χ2v) is 12.5. The van der Waals surface area contributed by atoms with Gasteiger partial charge in [0.15, 0.2) is 5.37 Å². The van der Waals surface area contributed by atoms with Crippen molar-refractivity contribution in [1.82, 2.24) is 9.80 Å². The van der Waals surface area contributed by atoms with Crippen LogP contribution in [0, 0.1) is 0 Å². The van der Waals surface area contributed by atoms with E-state index in [1.54, 1.807) is 46.7 Å². The summed E-state index contributed by atoms with van der Waals surface area (Å²) in [6.45, 7) is 8.39. The van der Waals surface area contributed by atoms with Crippen LogP contribution in [0.1, 0.15) is 40.2 Å². The molecule has 1 aromatic carbocycles. The molecule has 2 heterocycles. The summed E-state index contributed by atoms with van der Waals surface area (Å²) in [6, 6.07) is 7.50. The Labute approximate surface area is 220 Å². The van der Waals surface area contributed by atoms with Crippen LogP contribution in [0.5, 0.6) is 0 Å². The normalized spacial score (nSPS) is 21.9. The minimum atomic E-state index is -4.03. The van der Waals surface area contributed by atoms with Crippen molar-refractivity contribution in [3.8, 4) is 0 Å². The molecule has 1 amide bonds. The predicted molar refractivity (Wildman–Crippen MR) is 140 cm³/mol. The lowest BCUT2D eigenvalue weighted by Crippen LogP contribution is -2.62. The number of hydrogen-bond donors (Lipinski definition) is 0. The highest BCUT2D eigenvalue weighted by Gasteiger charge is 2.58. The van der Waals surface area contributed by atoms with Gasteiger partial charge in [-0.1, -0.05) is 39.3 Å². The van der Waals surface area contributed by atoms with Crippen molar-refractivity contribution < 1.29 is 27.6 Å². The molecule has 1 unspecified atom stereocenters. The van der Waals surface area contributed by atoms with Crippen LogP contribution in [0.4, 0.5) is 0 Å². The molecule has 1 aromatic rings. The molecule has 0 aliphatic carbocycles. The fraction of sp³-hybridized carbons (Fsp3) is 0.400. The Balaban J connectivity index is 1.98. The number of oxime groups is 1. The highest BCUT2D eigenvalue weighted by molar-refractivity contribution is 9.10. The van der Waals surface area contributed by atoms with Gasteiger partial charge in [0.2, 0.25) is 9.84 Å². The second-order valence-electron chi connectivity index (χ2n) is 9.70. The first-order valence-electron chi connectivity index (χ1n) is 11.2. The Bertz CT molecular complexity index is 1320. The summed E-state index contributed by atoms with van der Waals surface area (Å²) in [5.41, 5.74) is 0.428. The Kier molecular flexibility index (Phi) is 7.85. The van der Waals surface area contributed by atoms with E-state index in [1.165, 1.54) is 19.2 Å².